The molecule has 1 saturated carbocycles. The van der Waals surface area contributed by atoms with Gasteiger partial charge in [0.05, 0.1) is 5.75 Å². The van der Waals surface area contributed by atoms with Crippen LogP contribution in [0.4, 0.5) is 9.59 Å². The first-order valence-corrected chi connectivity index (χ1v) is 12.9. The molecule has 10 heteroatoms. The predicted octanol–water partition coefficient (Wildman–Crippen LogP) is 3.18. The van der Waals surface area contributed by atoms with E-state index in [1.807, 2.05) is 0 Å². The molecular weight excluding hydrogens is 412 g/mol. The summed E-state index contributed by atoms with van der Waals surface area (Å²) in [5.74, 6) is 0.153. The van der Waals surface area contributed by atoms with Crippen LogP contribution in [0.15, 0.2) is 0 Å². The fourth-order valence-electron chi connectivity index (χ4n) is 2.94. The minimum absolute atomic E-state index is 0.0496. The Bertz CT molecular complexity index is 528. The van der Waals surface area contributed by atoms with Crippen LogP contribution in [0.25, 0.3) is 0 Å². The number of carbonyl (C=O) groups excluding carboxylic acids is 4. The van der Waals surface area contributed by atoms with Crippen LogP contribution >= 0.6 is 21.6 Å². The molecule has 166 valence electrons. The molecule has 0 unspecified atom stereocenters. The van der Waals surface area contributed by atoms with Crippen LogP contribution in [0.5, 0.6) is 0 Å². The molecule has 1 aliphatic rings. The molecule has 0 radical (unpaired) electrons. The zero-order valence-electron chi connectivity index (χ0n) is 17.2. The van der Waals surface area contributed by atoms with Crippen molar-refractivity contribution in [2.75, 3.05) is 24.6 Å². The first kappa shape index (κ1) is 25.6. The van der Waals surface area contributed by atoms with Crippen LogP contribution in [0.1, 0.15) is 64.7 Å². The smallest absolute Gasteiger partial charge is 0.321 e. The Balaban J connectivity index is 1.97. The maximum absolute atomic E-state index is 12.0. The molecule has 0 aromatic carbocycles. The lowest BCUT2D eigenvalue weighted by atomic mass is 9.89. The topological polar surface area (TPSA) is 116 Å². The molecule has 0 spiro atoms. The Labute approximate surface area is 181 Å². The average molecular weight is 447 g/mol. The van der Waals surface area contributed by atoms with Gasteiger partial charge in [0.15, 0.2) is 0 Å². The van der Waals surface area contributed by atoms with E-state index in [4.69, 9.17) is 0 Å². The third-order valence-electron chi connectivity index (χ3n) is 4.53. The average Bonchev–Trinajstić information content (AvgIpc) is 2.71. The van der Waals surface area contributed by atoms with Gasteiger partial charge in [-0.2, -0.15) is 0 Å². The highest BCUT2D eigenvalue weighted by atomic mass is 33.1. The van der Waals surface area contributed by atoms with Crippen LogP contribution < -0.4 is 21.3 Å². The molecule has 0 aliphatic heterocycles. The summed E-state index contributed by atoms with van der Waals surface area (Å²) >= 11 is 0. The van der Waals surface area contributed by atoms with Gasteiger partial charge >= 0.3 is 12.1 Å². The Morgan fingerprint density at radius 2 is 1.52 bits per heavy atom. The van der Waals surface area contributed by atoms with Crippen molar-refractivity contribution in [3.63, 3.8) is 0 Å². The van der Waals surface area contributed by atoms with E-state index in [-0.39, 0.29) is 23.5 Å². The summed E-state index contributed by atoms with van der Waals surface area (Å²) in [5, 5.41) is 9.99. The summed E-state index contributed by atoms with van der Waals surface area (Å²) in [5.41, 5.74) is 0. The lowest BCUT2D eigenvalue weighted by Gasteiger charge is -2.20. The largest absolute Gasteiger partial charge is 0.338 e. The normalized spacial score (nSPS) is 14.1. The van der Waals surface area contributed by atoms with Crippen LogP contribution in [0, 0.1) is 5.92 Å². The molecule has 0 bridgehead atoms. The van der Waals surface area contributed by atoms with Gasteiger partial charge in [-0.1, -0.05) is 67.0 Å². The van der Waals surface area contributed by atoms with Gasteiger partial charge in [0.2, 0.25) is 11.8 Å². The summed E-state index contributed by atoms with van der Waals surface area (Å²) in [6.07, 6.45) is 9.21. The lowest BCUT2D eigenvalue weighted by molar-refractivity contribution is -0.124. The zero-order chi connectivity index (χ0) is 21.3. The highest BCUT2D eigenvalue weighted by molar-refractivity contribution is 8.76. The van der Waals surface area contributed by atoms with E-state index in [2.05, 4.69) is 28.2 Å². The van der Waals surface area contributed by atoms with Crippen LogP contribution in [-0.2, 0) is 9.59 Å². The molecule has 1 rings (SSSR count). The Morgan fingerprint density at radius 1 is 0.828 bits per heavy atom. The summed E-state index contributed by atoms with van der Waals surface area (Å²) in [4.78, 5) is 46.9. The molecule has 0 saturated heterocycles. The van der Waals surface area contributed by atoms with Gasteiger partial charge in [-0.3, -0.25) is 20.2 Å². The molecule has 29 heavy (non-hydrogen) atoms. The third kappa shape index (κ3) is 13.4. The molecule has 0 atom stereocenters. The lowest BCUT2D eigenvalue weighted by Crippen LogP contribution is -2.43. The minimum Gasteiger partial charge on any atom is -0.338 e. The number of urea groups is 2. The summed E-state index contributed by atoms with van der Waals surface area (Å²) in [6.45, 7) is 3.08. The standard InChI is InChI=1S/C19H34N4O4S2/c1-2-3-4-8-11-20-18(26)22-16(24)14-29-28-13-12-21-19(27)23-17(25)15-9-6-5-7-10-15/h15H,2-14H2,1H3,(H2,20,22,24,26)(H2,21,23,25,27). The van der Waals surface area contributed by atoms with E-state index in [1.165, 1.54) is 21.6 Å². The van der Waals surface area contributed by atoms with E-state index in [1.54, 1.807) is 0 Å². The quantitative estimate of drug-likeness (QED) is 0.270. The maximum atomic E-state index is 12.0. The summed E-state index contributed by atoms with van der Waals surface area (Å²) in [6, 6.07) is -0.933. The van der Waals surface area contributed by atoms with Crippen LogP contribution in [0.2, 0.25) is 0 Å². The molecule has 4 N–H and O–H groups in total. The molecular formula is C19H34N4O4S2. The Hall–Kier alpha value is -1.42. The maximum Gasteiger partial charge on any atom is 0.321 e. The van der Waals surface area contributed by atoms with E-state index < -0.39 is 12.1 Å². The number of nitrogens with one attached hydrogen (secondary N) is 4. The predicted molar refractivity (Wildman–Crippen MR) is 119 cm³/mol. The van der Waals surface area contributed by atoms with Gasteiger partial charge < -0.3 is 10.6 Å². The zero-order valence-corrected chi connectivity index (χ0v) is 18.9. The van der Waals surface area contributed by atoms with Crippen molar-refractivity contribution in [2.45, 2.75) is 64.7 Å². The van der Waals surface area contributed by atoms with Crippen LogP contribution in [-0.4, -0.2) is 48.5 Å². The van der Waals surface area contributed by atoms with E-state index in [9.17, 15) is 19.2 Å². The number of imide groups is 2. The molecule has 1 fully saturated rings. The first-order chi connectivity index (χ1) is 14.0. The van der Waals surface area contributed by atoms with E-state index in [0.29, 0.717) is 18.8 Å². The van der Waals surface area contributed by atoms with Gasteiger partial charge in [0, 0.05) is 24.8 Å². The van der Waals surface area contributed by atoms with E-state index in [0.717, 1.165) is 57.8 Å². The van der Waals surface area contributed by atoms with Gasteiger partial charge in [-0.15, -0.1) is 0 Å². The number of carbonyl (C=O) groups is 4. The fourth-order valence-corrected chi connectivity index (χ4v) is 4.68. The minimum atomic E-state index is -0.473. The summed E-state index contributed by atoms with van der Waals surface area (Å²) < 4.78 is 0. The van der Waals surface area contributed by atoms with E-state index >= 15 is 0 Å². The SMILES string of the molecule is CCCCCCNC(=O)NC(=O)CSSCCNC(=O)NC(=O)C1CCCCC1. The highest BCUT2D eigenvalue weighted by Crippen LogP contribution is 2.23. The van der Waals surface area contributed by atoms with Gasteiger partial charge in [-0.25, -0.2) is 9.59 Å². The number of rotatable bonds is 12. The second-order valence-corrected chi connectivity index (χ2v) is 9.61. The number of amides is 6. The van der Waals surface area contributed by atoms with Crippen molar-refractivity contribution in [2.24, 2.45) is 5.92 Å². The number of hydrogen-bond donors (Lipinski definition) is 4. The highest BCUT2D eigenvalue weighted by Gasteiger charge is 2.22. The van der Waals surface area contributed by atoms with Crippen molar-refractivity contribution in [1.29, 1.82) is 0 Å². The second-order valence-electron chi connectivity index (χ2n) is 7.03. The monoisotopic (exact) mass is 446 g/mol. The number of hydrogen-bond acceptors (Lipinski definition) is 6. The van der Waals surface area contributed by atoms with Crippen molar-refractivity contribution in [3.8, 4) is 0 Å². The number of unbranched alkanes of at least 4 members (excludes halogenated alkanes) is 3. The fraction of sp³-hybridized carbons (Fsp3) is 0.789. The van der Waals surface area contributed by atoms with Gasteiger partial charge in [0.25, 0.3) is 0 Å². The van der Waals surface area contributed by atoms with Gasteiger partial charge in [-0.05, 0) is 19.3 Å². The molecule has 0 aromatic rings. The first-order valence-electron chi connectivity index (χ1n) is 10.4. The van der Waals surface area contributed by atoms with Crippen molar-refractivity contribution in [1.82, 2.24) is 21.3 Å². The third-order valence-corrected chi connectivity index (χ3v) is 6.80. The molecule has 6 amide bonds. The Morgan fingerprint density at radius 3 is 2.24 bits per heavy atom. The van der Waals surface area contributed by atoms with Crippen molar-refractivity contribution in [3.05, 3.63) is 0 Å². The Kier molecular flexibility index (Phi) is 14.5. The van der Waals surface area contributed by atoms with Crippen molar-refractivity contribution < 1.29 is 19.2 Å². The molecule has 0 heterocycles. The van der Waals surface area contributed by atoms with Crippen molar-refractivity contribution >= 4 is 45.5 Å². The summed E-state index contributed by atoms with van der Waals surface area (Å²) in [7, 11) is 2.73. The molecule has 0 aromatic heterocycles. The van der Waals surface area contributed by atoms with Gasteiger partial charge in [0.1, 0.15) is 0 Å². The molecule has 1 aliphatic carbocycles. The van der Waals surface area contributed by atoms with Crippen LogP contribution in [0.3, 0.4) is 0 Å². The molecule has 8 nitrogen and oxygen atoms in total. The second kappa shape index (κ2) is 16.4.